The molecule has 0 aromatic heterocycles. The van der Waals surface area contributed by atoms with Crippen molar-refractivity contribution >= 4 is 0 Å². The van der Waals surface area contributed by atoms with Crippen LogP contribution in [-0.2, 0) is 4.74 Å². The molecule has 2 saturated carbocycles. The van der Waals surface area contributed by atoms with Crippen LogP contribution in [0.5, 0.6) is 0 Å². The van der Waals surface area contributed by atoms with E-state index in [1.807, 2.05) is 6.92 Å². The van der Waals surface area contributed by atoms with Crippen molar-refractivity contribution < 1.29 is 17.9 Å². The molecule has 0 unspecified atom stereocenters. The molecule has 2 aliphatic rings. The van der Waals surface area contributed by atoms with Crippen LogP contribution in [0.2, 0.25) is 0 Å². The van der Waals surface area contributed by atoms with Crippen LogP contribution in [0, 0.1) is 17.8 Å². The summed E-state index contributed by atoms with van der Waals surface area (Å²) >= 11 is 0. The lowest BCUT2D eigenvalue weighted by atomic mass is 9.70. The molecular formula is C17H29F3O. The van der Waals surface area contributed by atoms with Crippen molar-refractivity contribution in [1.29, 1.82) is 0 Å². The first-order valence-electron chi connectivity index (χ1n) is 8.66. The van der Waals surface area contributed by atoms with Crippen LogP contribution in [0.15, 0.2) is 0 Å². The minimum absolute atomic E-state index is 0.308. The van der Waals surface area contributed by atoms with Gasteiger partial charge in [-0.2, -0.15) is 13.2 Å². The van der Waals surface area contributed by atoms with Crippen LogP contribution in [0.3, 0.4) is 0 Å². The Labute approximate surface area is 126 Å². The van der Waals surface area contributed by atoms with Crippen molar-refractivity contribution in [2.24, 2.45) is 17.8 Å². The van der Waals surface area contributed by atoms with Gasteiger partial charge in [-0.3, -0.25) is 0 Å². The van der Waals surface area contributed by atoms with Gasteiger partial charge in [0, 0.05) is 13.0 Å². The monoisotopic (exact) mass is 306 g/mol. The predicted molar refractivity (Wildman–Crippen MR) is 78.1 cm³/mol. The zero-order valence-electron chi connectivity index (χ0n) is 13.1. The smallest absolute Gasteiger partial charge is 0.379 e. The number of ether oxygens (including phenoxy) is 1. The second-order valence-corrected chi connectivity index (χ2v) is 6.93. The van der Waals surface area contributed by atoms with Gasteiger partial charge < -0.3 is 4.74 Å². The normalized spacial score (nSPS) is 34.9. The number of hydrogen-bond donors (Lipinski definition) is 0. The summed E-state index contributed by atoms with van der Waals surface area (Å²) in [5.74, 6) is 1.86. The first kappa shape index (κ1) is 17.1. The fourth-order valence-corrected chi connectivity index (χ4v) is 4.28. The van der Waals surface area contributed by atoms with E-state index in [1.165, 1.54) is 25.7 Å². The van der Waals surface area contributed by atoms with E-state index in [-0.39, 0.29) is 0 Å². The van der Waals surface area contributed by atoms with Crippen molar-refractivity contribution in [1.82, 2.24) is 0 Å². The molecule has 0 spiro atoms. The molecule has 21 heavy (non-hydrogen) atoms. The third kappa shape index (κ3) is 5.80. The average Bonchev–Trinajstić information content (AvgIpc) is 2.46. The van der Waals surface area contributed by atoms with Crippen molar-refractivity contribution in [2.45, 2.75) is 83.4 Å². The van der Waals surface area contributed by atoms with Gasteiger partial charge in [-0.05, 0) is 69.6 Å². The van der Waals surface area contributed by atoms with Crippen molar-refractivity contribution in [2.75, 3.05) is 6.61 Å². The molecule has 2 rings (SSSR count). The lowest BCUT2D eigenvalue weighted by molar-refractivity contribution is -0.138. The first-order valence-corrected chi connectivity index (χ1v) is 8.66. The fraction of sp³-hybridized carbons (Fsp3) is 1.00. The quantitative estimate of drug-likeness (QED) is 0.630. The van der Waals surface area contributed by atoms with Crippen LogP contribution >= 0.6 is 0 Å². The Balaban J connectivity index is 1.65. The van der Waals surface area contributed by atoms with Gasteiger partial charge >= 0.3 is 6.18 Å². The highest BCUT2D eigenvalue weighted by Crippen LogP contribution is 2.42. The summed E-state index contributed by atoms with van der Waals surface area (Å²) in [6.45, 7) is 2.86. The first-order chi connectivity index (χ1) is 9.98. The number of hydrogen-bond acceptors (Lipinski definition) is 1. The lowest BCUT2D eigenvalue weighted by Gasteiger charge is -2.37. The second kappa shape index (κ2) is 7.85. The summed E-state index contributed by atoms with van der Waals surface area (Å²) in [6.07, 6.45) is 5.37. The van der Waals surface area contributed by atoms with Gasteiger partial charge in [0.15, 0.2) is 0 Å². The topological polar surface area (TPSA) is 9.23 Å². The van der Waals surface area contributed by atoms with Gasteiger partial charge in [-0.1, -0.05) is 12.8 Å². The van der Waals surface area contributed by atoms with E-state index in [0.717, 1.165) is 44.1 Å². The van der Waals surface area contributed by atoms with Crippen molar-refractivity contribution in [3.05, 3.63) is 0 Å². The Kier molecular flexibility index (Phi) is 6.39. The van der Waals surface area contributed by atoms with E-state index < -0.39 is 12.6 Å². The van der Waals surface area contributed by atoms with Gasteiger partial charge in [0.25, 0.3) is 0 Å². The summed E-state index contributed by atoms with van der Waals surface area (Å²) in [7, 11) is 0. The van der Waals surface area contributed by atoms with Gasteiger partial charge in [-0.15, -0.1) is 0 Å². The molecule has 0 aromatic rings. The molecule has 0 aliphatic heterocycles. The Bertz CT molecular complexity index is 287. The Hall–Kier alpha value is -0.250. The SMILES string of the molecule is CCO[C@H]1CC[C@H]([C@H]2CC[C@H](CCC(F)(F)F)CC2)CC1. The van der Waals surface area contributed by atoms with Crippen LogP contribution in [0.25, 0.3) is 0 Å². The zero-order chi connectivity index (χ0) is 15.3. The molecule has 2 aliphatic carbocycles. The number of halogens is 3. The van der Waals surface area contributed by atoms with Gasteiger partial charge in [0.1, 0.15) is 0 Å². The molecule has 2 fully saturated rings. The summed E-state index contributed by atoms with van der Waals surface area (Å²) < 4.78 is 42.5. The van der Waals surface area contributed by atoms with E-state index in [9.17, 15) is 13.2 Å². The third-order valence-electron chi connectivity index (χ3n) is 5.52. The molecular weight excluding hydrogens is 277 g/mol. The highest BCUT2D eigenvalue weighted by Gasteiger charge is 2.33. The Morgan fingerprint density at radius 1 is 0.857 bits per heavy atom. The molecule has 0 N–H and O–H groups in total. The molecule has 1 nitrogen and oxygen atoms in total. The summed E-state index contributed by atoms with van der Waals surface area (Å²) in [6, 6.07) is 0. The molecule has 0 radical (unpaired) electrons. The van der Waals surface area contributed by atoms with Crippen LogP contribution in [-0.4, -0.2) is 18.9 Å². The summed E-state index contributed by atoms with van der Waals surface area (Å²) in [4.78, 5) is 0. The summed E-state index contributed by atoms with van der Waals surface area (Å²) in [5, 5.41) is 0. The predicted octanol–water partition coefficient (Wildman–Crippen LogP) is 5.73. The van der Waals surface area contributed by atoms with Gasteiger partial charge in [0.05, 0.1) is 6.10 Å². The molecule has 4 heteroatoms. The molecule has 0 bridgehead atoms. The standard InChI is InChI=1S/C17H29F3O/c1-2-21-16-9-7-15(8-10-16)14-5-3-13(4-6-14)11-12-17(18,19)20/h13-16H,2-12H2,1H3/t13-,14-,15-,16-. The van der Waals surface area contributed by atoms with Crippen LogP contribution in [0.1, 0.15) is 71.1 Å². The third-order valence-corrected chi connectivity index (χ3v) is 5.52. The van der Waals surface area contributed by atoms with E-state index in [0.29, 0.717) is 18.4 Å². The minimum atomic E-state index is -3.98. The average molecular weight is 306 g/mol. The van der Waals surface area contributed by atoms with Gasteiger partial charge in [-0.25, -0.2) is 0 Å². The van der Waals surface area contributed by atoms with Crippen molar-refractivity contribution in [3.63, 3.8) is 0 Å². The largest absolute Gasteiger partial charge is 0.389 e. The molecule has 0 amide bonds. The summed E-state index contributed by atoms with van der Waals surface area (Å²) in [5.41, 5.74) is 0. The number of rotatable bonds is 5. The van der Waals surface area contributed by atoms with E-state index in [4.69, 9.17) is 4.74 Å². The molecule has 0 saturated heterocycles. The Morgan fingerprint density at radius 2 is 1.38 bits per heavy atom. The van der Waals surface area contributed by atoms with E-state index in [1.54, 1.807) is 0 Å². The van der Waals surface area contributed by atoms with E-state index in [2.05, 4.69) is 0 Å². The van der Waals surface area contributed by atoms with Gasteiger partial charge in [0.2, 0.25) is 0 Å². The highest BCUT2D eigenvalue weighted by atomic mass is 19.4. The van der Waals surface area contributed by atoms with Crippen molar-refractivity contribution in [3.8, 4) is 0 Å². The maximum absolute atomic E-state index is 12.3. The number of alkyl halides is 3. The van der Waals surface area contributed by atoms with E-state index >= 15 is 0 Å². The second-order valence-electron chi connectivity index (χ2n) is 6.93. The van der Waals surface area contributed by atoms with Crippen LogP contribution in [0.4, 0.5) is 13.2 Å². The lowest BCUT2D eigenvalue weighted by Crippen LogP contribution is -2.28. The van der Waals surface area contributed by atoms with Crippen LogP contribution < -0.4 is 0 Å². The molecule has 0 heterocycles. The maximum Gasteiger partial charge on any atom is 0.389 e. The fourth-order valence-electron chi connectivity index (χ4n) is 4.28. The zero-order valence-corrected chi connectivity index (χ0v) is 13.1. The molecule has 0 aromatic carbocycles. The molecule has 0 atom stereocenters. The highest BCUT2D eigenvalue weighted by molar-refractivity contribution is 4.82. The maximum atomic E-state index is 12.3. The minimum Gasteiger partial charge on any atom is -0.379 e. The molecule has 124 valence electrons. The Morgan fingerprint density at radius 3 is 1.86 bits per heavy atom.